The topological polar surface area (TPSA) is 83.0 Å². The zero-order chi connectivity index (χ0) is 23.1. The number of rotatable bonds is 9. The summed E-state index contributed by atoms with van der Waals surface area (Å²) in [4.78, 5) is 0. The minimum Gasteiger partial charge on any atom is -0.393 e. The Hall–Kier alpha value is -2.09. The normalized spacial score (nSPS) is 24.4. The van der Waals surface area contributed by atoms with Crippen LogP contribution in [0, 0.1) is 0 Å². The smallest absolute Gasteiger partial charge is 0.184 e. The van der Waals surface area contributed by atoms with Gasteiger partial charge in [-0.25, -0.2) is 4.57 Å². The standard InChI is InChI=1S/C26H36NO5/c1-18(28)14-23(30)16-25-17-24(15-19(2)29)31-26(32-25)22-8-6-20(7-9-22)4-5-21-10-12-27(3)13-11-21/h4-13,18-19,23-26,28-30H,14-17H2,1-3H3/q+1/b5-4+. The fourth-order valence-electron chi connectivity index (χ4n) is 4.00. The number of aliphatic hydroxyl groups is 3. The Labute approximate surface area is 190 Å². The first-order chi connectivity index (χ1) is 15.3. The number of aromatic nitrogens is 1. The molecule has 1 aromatic carbocycles. The minimum atomic E-state index is -0.640. The van der Waals surface area contributed by atoms with E-state index in [0.717, 1.165) is 16.7 Å². The molecule has 0 radical (unpaired) electrons. The van der Waals surface area contributed by atoms with Crippen LogP contribution in [-0.4, -0.2) is 45.8 Å². The third-order valence-corrected chi connectivity index (χ3v) is 5.59. The summed E-state index contributed by atoms with van der Waals surface area (Å²) in [5.74, 6) is 0. The maximum Gasteiger partial charge on any atom is 0.184 e. The van der Waals surface area contributed by atoms with Crippen molar-refractivity contribution >= 4 is 12.2 Å². The molecule has 3 N–H and O–H groups in total. The van der Waals surface area contributed by atoms with Crippen LogP contribution in [0.25, 0.3) is 12.2 Å². The molecule has 0 spiro atoms. The molecule has 1 saturated heterocycles. The highest BCUT2D eigenvalue weighted by atomic mass is 16.7. The third kappa shape index (κ3) is 7.80. The summed E-state index contributed by atoms with van der Waals surface area (Å²) in [7, 11) is 1.99. The summed E-state index contributed by atoms with van der Waals surface area (Å²) in [5.41, 5.74) is 3.10. The number of aliphatic hydroxyl groups excluding tert-OH is 3. The molecule has 32 heavy (non-hydrogen) atoms. The van der Waals surface area contributed by atoms with E-state index in [0.29, 0.717) is 25.7 Å². The van der Waals surface area contributed by atoms with Crippen LogP contribution in [0.4, 0.5) is 0 Å². The zero-order valence-corrected chi connectivity index (χ0v) is 19.2. The van der Waals surface area contributed by atoms with E-state index in [9.17, 15) is 15.3 Å². The van der Waals surface area contributed by atoms with Crippen molar-refractivity contribution in [3.05, 3.63) is 65.5 Å². The summed E-state index contributed by atoms with van der Waals surface area (Å²) in [6.07, 6.45) is 7.42. The van der Waals surface area contributed by atoms with Gasteiger partial charge in [0.25, 0.3) is 0 Å². The summed E-state index contributed by atoms with van der Waals surface area (Å²) in [6, 6.07) is 12.1. The predicted molar refractivity (Wildman–Crippen MR) is 123 cm³/mol. The quantitative estimate of drug-likeness (QED) is 0.520. The first-order valence-corrected chi connectivity index (χ1v) is 11.4. The molecule has 0 aliphatic carbocycles. The number of benzene rings is 1. The molecule has 0 amide bonds. The first-order valence-electron chi connectivity index (χ1n) is 11.4. The maximum absolute atomic E-state index is 10.3. The molecule has 1 aliphatic heterocycles. The van der Waals surface area contributed by atoms with Gasteiger partial charge in [0.05, 0.1) is 30.5 Å². The van der Waals surface area contributed by atoms with Gasteiger partial charge >= 0.3 is 0 Å². The van der Waals surface area contributed by atoms with Crippen LogP contribution >= 0.6 is 0 Å². The van der Waals surface area contributed by atoms with E-state index in [2.05, 4.69) is 24.3 Å². The lowest BCUT2D eigenvalue weighted by Gasteiger charge is -2.37. The van der Waals surface area contributed by atoms with Crippen LogP contribution in [0.3, 0.4) is 0 Å². The number of aryl methyl sites for hydroxylation is 1. The summed E-state index contributed by atoms with van der Waals surface area (Å²) >= 11 is 0. The van der Waals surface area contributed by atoms with Gasteiger partial charge in [0.1, 0.15) is 7.05 Å². The van der Waals surface area contributed by atoms with Gasteiger partial charge in [-0.1, -0.05) is 36.4 Å². The fourth-order valence-corrected chi connectivity index (χ4v) is 4.00. The van der Waals surface area contributed by atoms with Gasteiger partial charge in [-0.15, -0.1) is 0 Å². The van der Waals surface area contributed by atoms with Crippen LogP contribution in [0.2, 0.25) is 0 Å². The predicted octanol–water partition coefficient (Wildman–Crippen LogP) is 3.15. The van der Waals surface area contributed by atoms with E-state index in [1.807, 2.05) is 48.3 Å². The summed E-state index contributed by atoms with van der Waals surface area (Å²) in [5, 5.41) is 29.6. The van der Waals surface area contributed by atoms with Gasteiger partial charge in [0, 0.05) is 24.1 Å². The molecule has 0 bridgehead atoms. The van der Waals surface area contributed by atoms with Crippen LogP contribution in [-0.2, 0) is 16.5 Å². The second-order valence-electron chi connectivity index (χ2n) is 8.94. The lowest BCUT2D eigenvalue weighted by molar-refractivity contribution is -0.671. The average Bonchev–Trinajstić information content (AvgIpc) is 2.72. The van der Waals surface area contributed by atoms with Crippen molar-refractivity contribution in [2.75, 3.05) is 0 Å². The monoisotopic (exact) mass is 442 g/mol. The van der Waals surface area contributed by atoms with Gasteiger partial charge in [-0.05, 0) is 44.2 Å². The zero-order valence-electron chi connectivity index (χ0n) is 19.2. The highest BCUT2D eigenvalue weighted by Crippen LogP contribution is 2.34. The molecule has 0 saturated carbocycles. The SMILES string of the molecule is CC(O)CC(O)CC1CC(CC(C)O)OC(c2ccc(/C=C/c3cc[n+](C)cc3)cc2)O1. The van der Waals surface area contributed by atoms with Gasteiger partial charge in [0.15, 0.2) is 18.7 Å². The molecule has 6 nitrogen and oxygen atoms in total. The number of nitrogens with zero attached hydrogens (tertiary/aromatic N) is 1. The van der Waals surface area contributed by atoms with Gasteiger partial charge < -0.3 is 24.8 Å². The average molecular weight is 443 g/mol. The lowest BCUT2D eigenvalue weighted by Crippen LogP contribution is -2.37. The number of hydrogen-bond donors (Lipinski definition) is 3. The Morgan fingerprint density at radius 1 is 0.875 bits per heavy atom. The highest BCUT2D eigenvalue weighted by molar-refractivity contribution is 5.69. The third-order valence-electron chi connectivity index (χ3n) is 5.59. The van der Waals surface area contributed by atoms with E-state index >= 15 is 0 Å². The van der Waals surface area contributed by atoms with Crippen LogP contribution in [0.15, 0.2) is 48.8 Å². The molecule has 174 valence electrons. The second kappa shape index (κ2) is 11.7. The molecular formula is C26H36NO5+. The fraction of sp³-hybridized carbons (Fsp3) is 0.500. The van der Waals surface area contributed by atoms with Crippen molar-refractivity contribution < 1.29 is 29.4 Å². The number of hydrogen-bond acceptors (Lipinski definition) is 5. The Bertz CT molecular complexity index is 846. The van der Waals surface area contributed by atoms with Crippen molar-refractivity contribution in [1.82, 2.24) is 0 Å². The molecule has 1 aromatic heterocycles. The van der Waals surface area contributed by atoms with Crippen LogP contribution in [0.1, 0.15) is 62.5 Å². The molecule has 6 unspecified atom stereocenters. The Morgan fingerprint density at radius 3 is 2.00 bits per heavy atom. The van der Waals surface area contributed by atoms with Crippen LogP contribution in [0.5, 0.6) is 0 Å². The molecular weight excluding hydrogens is 406 g/mol. The Balaban J connectivity index is 1.67. The summed E-state index contributed by atoms with van der Waals surface area (Å²) in [6.45, 7) is 3.42. The largest absolute Gasteiger partial charge is 0.393 e. The van der Waals surface area contributed by atoms with Crippen molar-refractivity contribution in [2.24, 2.45) is 7.05 Å². The maximum atomic E-state index is 10.3. The summed E-state index contributed by atoms with van der Waals surface area (Å²) < 4.78 is 14.3. The number of pyridine rings is 1. The van der Waals surface area contributed by atoms with Gasteiger partial charge in [0.2, 0.25) is 0 Å². The molecule has 1 aliphatic rings. The molecule has 6 heteroatoms. The molecule has 6 atom stereocenters. The van der Waals surface area contributed by atoms with E-state index in [-0.39, 0.29) is 12.2 Å². The highest BCUT2D eigenvalue weighted by Gasteiger charge is 2.33. The molecule has 1 fully saturated rings. The van der Waals surface area contributed by atoms with Gasteiger partial charge in [-0.2, -0.15) is 0 Å². The second-order valence-corrected chi connectivity index (χ2v) is 8.94. The Morgan fingerprint density at radius 2 is 1.44 bits per heavy atom. The number of ether oxygens (including phenoxy) is 2. The molecule has 2 aromatic rings. The molecule has 3 rings (SSSR count). The molecule has 2 heterocycles. The van der Waals surface area contributed by atoms with E-state index in [4.69, 9.17) is 9.47 Å². The van der Waals surface area contributed by atoms with E-state index in [1.54, 1.807) is 13.8 Å². The Kier molecular flexibility index (Phi) is 8.96. The first kappa shape index (κ1) is 24.6. The van der Waals surface area contributed by atoms with Gasteiger partial charge in [-0.3, -0.25) is 0 Å². The van der Waals surface area contributed by atoms with Crippen LogP contribution < -0.4 is 4.57 Å². The van der Waals surface area contributed by atoms with Crippen molar-refractivity contribution in [3.8, 4) is 0 Å². The lowest BCUT2D eigenvalue weighted by atomic mass is 9.97. The van der Waals surface area contributed by atoms with E-state index in [1.165, 1.54) is 0 Å². The van der Waals surface area contributed by atoms with Crippen molar-refractivity contribution in [2.45, 2.75) is 76.3 Å². The van der Waals surface area contributed by atoms with E-state index < -0.39 is 24.6 Å². The minimum absolute atomic E-state index is 0.156. The van der Waals surface area contributed by atoms with Crippen molar-refractivity contribution in [1.29, 1.82) is 0 Å². The van der Waals surface area contributed by atoms with Crippen molar-refractivity contribution in [3.63, 3.8) is 0 Å².